The molecule has 32 heavy (non-hydrogen) atoms. The minimum absolute atomic E-state index is 0.144. The van der Waals surface area contributed by atoms with Crippen LogP contribution in [0.4, 0.5) is 0 Å². The molecule has 6 heteroatoms. The van der Waals surface area contributed by atoms with Crippen molar-refractivity contribution in [3.63, 3.8) is 0 Å². The number of carbonyl (C=O) groups is 2. The van der Waals surface area contributed by atoms with Crippen LogP contribution >= 0.6 is 15.9 Å². The second-order valence-corrected chi connectivity index (χ2v) is 9.87. The van der Waals surface area contributed by atoms with Crippen LogP contribution in [0.2, 0.25) is 0 Å². The summed E-state index contributed by atoms with van der Waals surface area (Å²) in [4.78, 5) is 28.0. The van der Waals surface area contributed by atoms with Gasteiger partial charge in [0.25, 0.3) is 5.91 Å². The van der Waals surface area contributed by atoms with E-state index in [1.165, 1.54) is 5.56 Å². The maximum atomic E-state index is 13.3. The summed E-state index contributed by atoms with van der Waals surface area (Å²) < 4.78 is 6.67. The van der Waals surface area contributed by atoms with Crippen molar-refractivity contribution in [3.05, 3.63) is 63.6 Å². The molecule has 0 aliphatic rings. The summed E-state index contributed by atoms with van der Waals surface area (Å²) in [6.45, 7) is 12.0. The number of carbonyl (C=O) groups excluding carboxylic acids is 2. The second kappa shape index (κ2) is 11.5. The van der Waals surface area contributed by atoms with E-state index in [0.717, 1.165) is 22.0 Å². The molecule has 2 aromatic rings. The fourth-order valence-corrected chi connectivity index (χ4v) is 3.99. The third-order valence-corrected chi connectivity index (χ3v) is 5.86. The van der Waals surface area contributed by atoms with E-state index < -0.39 is 6.04 Å². The van der Waals surface area contributed by atoms with Crippen LogP contribution in [0, 0.1) is 6.92 Å². The van der Waals surface area contributed by atoms with Gasteiger partial charge in [0.15, 0.2) is 6.61 Å². The molecular weight excluding hydrogens is 468 g/mol. The molecule has 1 atom stereocenters. The fourth-order valence-electron chi connectivity index (χ4n) is 3.45. The Labute approximate surface area is 200 Å². The average Bonchev–Trinajstić information content (AvgIpc) is 2.72. The first kappa shape index (κ1) is 25.9. The van der Waals surface area contributed by atoms with Crippen molar-refractivity contribution in [2.75, 3.05) is 6.61 Å². The molecule has 5 nitrogen and oxygen atoms in total. The van der Waals surface area contributed by atoms with Gasteiger partial charge in [-0.05, 0) is 85.3 Å². The van der Waals surface area contributed by atoms with Crippen molar-refractivity contribution in [1.82, 2.24) is 10.2 Å². The molecular formula is C26H35BrN2O3. The standard InChI is InChI=1S/C26H35BrN2O3/c1-7-19-13-14-23(21(27)15-19)32-17-24(30)29(16-20-12-10-9-11-18(20)3)22(8-2)25(31)28-26(4,5)6/h9-15,22H,7-8,16-17H2,1-6H3,(H,28,31). The molecule has 0 aliphatic heterocycles. The van der Waals surface area contributed by atoms with Gasteiger partial charge in [0, 0.05) is 12.1 Å². The summed E-state index contributed by atoms with van der Waals surface area (Å²) in [6, 6.07) is 13.2. The summed E-state index contributed by atoms with van der Waals surface area (Å²) in [5, 5.41) is 3.02. The largest absolute Gasteiger partial charge is 0.483 e. The number of amides is 2. The monoisotopic (exact) mass is 502 g/mol. The highest BCUT2D eigenvalue weighted by atomic mass is 79.9. The lowest BCUT2D eigenvalue weighted by Gasteiger charge is -2.33. The van der Waals surface area contributed by atoms with E-state index in [-0.39, 0.29) is 24.0 Å². The molecule has 0 saturated carbocycles. The Hall–Kier alpha value is -2.34. The molecule has 1 N–H and O–H groups in total. The highest BCUT2D eigenvalue weighted by Crippen LogP contribution is 2.26. The van der Waals surface area contributed by atoms with E-state index in [9.17, 15) is 9.59 Å². The molecule has 2 rings (SSSR count). The zero-order valence-electron chi connectivity index (χ0n) is 20.0. The van der Waals surface area contributed by atoms with E-state index in [1.54, 1.807) is 4.90 Å². The van der Waals surface area contributed by atoms with Crippen LogP contribution in [0.5, 0.6) is 5.75 Å². The van der Waals surface area contributed by atoms with Crippen molar-refractivity contribution in [1.29, 1.82) is 0 Å². The van der Waals surface area contributed by atoms with Crippen LogP contribution in [0.15, 0.2) is 46.9 Å². The Morgan fingerprint density at radius 3 is 2.38 bits per heavy atom. The van der Waals surface area contributed by atoms with E-state index >= 15 is 0 Å². The molecule has 0 bridgehead atoms. The van der Waals surface area contributed by atoms with Gasteiger partial charge < -0.3 is 15.0 Å². The zero-order chi connectivity index (χ0) is 23.9. The molecule has 0 aromatic heterocycles. The van der Waals surface area contributed by atoms with Crippen LogP contribution in [0.3, 0.4) is 0 Å². The van der Waals surface area contributed by atoms with Gasteiger partial charge in [-0.1, -0.05) is 44.2 Å². The van der Waals surface area contributed by atoms with Crippen molar-refractivity contribution in [3.8, 4) is 5.75 Å². The quantitative estimate of drug-likeness (QED) is 0.497. The van der Waals surface area contributed by atoms with Gasteiger partial charge in [0.05, 0.1) is 4.47 Å². The van der Waals surface area contributed by atoms with Crippen LogP contribution in [0.25, 0.3) is 0 Å². The van der Waals surface area contributed by atoms with Crippen molar-refractivity contribution >= 4 is 27.7 Å². The molecule has 2 aromatic carbocycles. The Kier molecular flexibility index (Phi) is 9.32. The zero-order valence-corrected chi connectivity index (χ0v) is 21.6. The number of halogens is 1. The summed E-state index contributed by atoms with van der Waals surface area (Å²) in [7, 11) is 0. The Balaban J connectivity index is 2.26. The minimum atomic E-state index is -0.587. The predicted molar refractivity (Wildman–Crippen MR) is 133 cm³/mol. The predicted octanol–water partition coefficient (Wildman–Crippen LogP) is 5.42. The SMILES string of the molecule is CCc1ccc(OCC(=O)N(Cc2ccccc2C)C(CC)C(=O)NC(C)(C)C)c(Br)c1. The fraction of sp³-hybridized carbons (Fsp3) is 0.462. The summed E-state index contributed by atoms with van der Waals surface area (Å²) >= 11 is 3.52. The number of rotatable bonds is 9. The number of hydrogen-bond donors (Lipinski definition) is 1. The number of aryl methyl sites for hydroxylation is 2. The molecule has 0 saturated heterocycles. The molecule has 0 spiro atoms. The second-order valence-electron chi connectivity index (χ2n) is 9.02. The topological polar surface area (TPSA) is 58.6 Å². The van der Waals surface area contributed by atoms with Crippen LogP contribution in [-0.2, 0) is 22.6 Å². The molecule has 2 amide bonds. The average molecular weight is 503 g/mol. The molecule has 0 fully saturated rings. The van der Waals surface area contributed by atoms with Gasteiger partial charge in [-0.2, -0.15) is 0 Å². The smallest absolute Gasteiger partial charge is 0.261 e. The van der Waals surface area contributed by atoms with Gasteiger partial charge in [0.2, 0.25) is 5.91 Å². The first-order valence-electron chi connectivity index (χ1n) is 11.1. The number of nitrogens with one attached hydrogen (secondary N) is 1. The van der Waals surface area contributed by atoms with Crippen molar-refractivity contribution in [2.24, 2.45) is 0 Å². The van der Waals surface area contributed by atoms with E-state index in [2.05, 4.69) is 28.2 Å². The van der Waals surface area contributed by atoms with Crippen LogP contribution in [-0.4, -0.2) is 34.9 Å². The Morgan fingerprint density at radius 2 is 1.81 bits per heavy atom. The van der Waals surface area contributed by atoms with Gasteiger partial charge in [-0.25, -0.2) is 0 Å². The van der Waals surface area contributed by atoms with Gasteiger partial charge in [0.1, 0.15) is 11.8 Å². The first-order chi connectivity index (χ1) is 15.1. The Morgan fingerprint density at radius 1 is 1.12 bits per heavy atom. The molecule has 0 heterocycles. The summed E-state index contributed by atoms with van der Waals surface area (Å²) in [5.74, 6) is 0.227. The summed E-state index contributed by atoms with van der Waals surface area (Å²) in [6.07, 6.45) is 1.43. The lowest BCUT2D eigenvalue weighted by Crippen LogP contribution is -2.54. The first-order valence-corrected chi connectivity index (χ1v) is 11.9. The Bertz CT molecular complexity index is 937. The number of ether oxygens (including phenoxy) is 1. The molecule has 1 unspecified atom stereocenters. The maximum Gasteiger partial charge on any atom is 0.261 e. The highest BCUT2D eigenvalue weighted by molar-refractivity contribution is 9.10. The molecule has 174 valence electrons. The highest BCUT2D eigenvalue weighted by Gasteiger charge is 2.31. The van der Waals surface area contributed by atoms with Crippen LogP contribution < -0.4 is 10.1 Å². The lowest BCUT2D eigenvalue weighted by molar-refractivity contribution is -0.143. The third kappa shape index (κ3) is 7.37. The number of nitrogens with zero attached hydrogens (tertiary/aromatic N) is 1. The third-order valence-electron chi connectivity index (χ3n) is 5.24. The van der Waals surface area contributed by atoms with E-state index in [1.807, 2.05) is 77.1 Å². The van der Waals surface area contributed by atoms with Gasteiger partial charge in [-0.3, -0.25) is 9.59 Å². The minimum Gasteiger partial charge on any atom is -0.483 e. The normalized spacial score (nSPS) is 12.2. The van der Waals surface area contributed by atoms with Gasteiger partial charge in [-0.15, -0.1) is 0 Å². The summed E-state index contributed by atoms with van der Waals surface area (Å²) in [5.41, 5.74) is 2.89. The molecule has 0 aliphatic carbocycles. The van der Waals surface area contributed by atoms with E-state index in [4.69, 9.17) is 4.74 Å². The number of benzene rings is 2. The van der Waals surface area contributed by atoms with Gasteiger partial charge >= 0.3 is 0 Å². The number of hydrogen-bond acceptors (Lipinski definition) is 3. The van der Waals surface area contributed by atoms with Crippen LogP contribution in [0.1, 0.15) is 57.7 Å². The molecule has 0 radical (unpaired) electrons. The van der Waals surface area contributed by atoms with Crippen molar-refractivity contribution < 1.29 is 14.3 Å². The maximum absolute atomic E-state index is 13.3. The lowest BCUT2D eigenvalue weighted by atomic mass is 10.0. The van der Waals surface area contributed by atoms with Crippen molar-refractivity contribution in [2.45, 2.75) is 72.5 Å². The van der Waals surface area contributed by atoms with E-state index in [0.29, 0.717) is 18.7 Å².